The lowest BCUT2D eigenvalue weighted by Crippen LogP contribution is -2.14. The maximum absolute atomic E-state index is 11.9. The van der Waals surface area contributed by atoms with E-state index in [0.717, 1.165) is 17.7 Å². The van der Waals surface area contributed by atoms with Crippen molar-refractivity contribution in [3.8, 4) is 11.4 Å². The first kappa shape index (κ1) is 11.9. The molecule has 19 heavy (non-hydrogen) atoms. The Bertz CT molecular complexity index is 619. The highest BCUT2D eigenvalue weighted by Crippen LogP contribution is 2.38. The number of amides is 1. The molecule has 5 nitrogen and oxygen atoms in total. The van der Waals surface area contributed by atoms with Crippen LogP contribution in [0.15, 0.2) is 30.6 Å². The van der Waals surface area contributed by atoms with Crippen molar-refractivity contribution in [1.29, 1.82) is 0 Å². The zero-order chi connectivity index (χ0) is 13.4. The summed E-state index contributed by atoms with van der Waals surface area (Å²) in [4.78, 5) is 16.1. The van der Waals surface area contributed by atoms with Crippen LogP contribution in [0.4, 0.5) is 5.69 Å². The maximum atomic E-state index is 11.9. The molecule has 1 saturated carbocycles. The monoisotopic (exact) mass is 256 g/mol. The third-order valence-corrected chi connectivity index (χ3v) is 3.43. The van der Waals surface area contributed by atoms with E-state index in [1.54, 1.807) is 11.0 Å². The second-order valence-electron chi connectivity index (χ2n) is 5.13. The van der Waals surface area contributed by atoms with E-state index in [0.29, 0.717) is 11.7 Å². The molecule has 1 aliphatic rings. The quantitative estimate of drug-likeness (QED) is 0.914. The summed E-state index contributed by atoms with van der Waals surface area (Å²) in [5.74, 6) is 1.47. The molecule has 1 N–H and O–H groups in total. The summed E-state index contributed by atoms with van der Waals surface area (Å²) in [5, 5.41) is 7.20. The molecule has 1 aliphatic carbocycles. The van der Waals surface area contributed by atoms with Gasteiger partial charge in [-0.3, -0.25) is 9.48 Å². The fourth-order valence-corrected chi connectivity index (χ4v) is 2.13. The van der Waals surface area contributed by atoms with Crippen LogP contribution in [0.1, 0.15) is 13.3 Å². The molecular weight excluding hydrogens is 240 g/mol. The van der Waals surface area contributed by atoms with E-state index in [9.17, 15) is 4.79 Å². The zero-order valence-corrected chi connectivity index (χ0v) is 11.0. The van der Waals surface area contributed by atoms with Gasteiger partial charge in [0.2, 0.25) is 5.91 Å². The number of hydrogen-bond donors (Lipinski definition) is 1. The summed E-state index contributed by atoms with van der Waals surface area (Å²) in [6.45, 7) is 2.10. The summed E-state index contributed by atoms with van der Waals surface area (Å²) in [7, 11) is 1.83. The summed E-state index contributed by atoms with van der Waals surface area (Å²) in [6, 6.07) is 7.63. The van der Waals surface area contributed by atoms with Gasteiger partial charge in [0.15, 0.2) is 5.82 Å². The van der Waals surface area contributed by atoms with Crippen LogP contribution >= 0.6 is 0 Å². The van der Waals surface area contributed by atoms with Crippen LogP contribution in [-0.4, -0.2) is 20.7 Å². The SMILES string of the molecule is C[C@@H]1C[C@@H]1C(=O)Nc1cccc(-c2ncn(C)n2)c1. The van der Waals surface area contributed by atoms with Crippen molar-refractivity contribution >= 4 is 11.6 Å². The molecular formula is C14H16N4O. The minimum atomic E-state index is 0.110. The van der Waals surface area contributed by atoms with Crippen molar-refractivity contribution in [2.24, 2.45) is 18.9 Å². The molecule has 1 fully saturated rings. The lowest BCUT2D eigenvalue weighted by Gasteiger charge is -2.05. The average molecular weight is 256 g/mol. The number of carbonyl (C=O) groups excluding carboxylic acids is 1. The van der Waals surface area contributed by atoms with Gasteiger partial charge in [-0.2, -0.15) is 5.10 Å². The van der Waals surface area contributed by atoms with E-state index in [-0.39, 0.29) is 11.8 Å². The maximum Gasteiger partial charge on any atom is 0.227 e. The molecule has 0 aliphatic heterocycles. The number of aryl methyl sites for hydroxylation is 1. The molecule has 0 unspecified atom stereocenters. The first-order valence-corrected chi connectivity index (χ1v) is 6.40. The highest BCUT2D eigenvalue weighted by atomic mass is 16.2. The van der Waals surface area contributed by atoms with Crippen molar-refractivity contribution < 1.29 is 4.79 Å². The zero-order valence-electron chi connectivity index (χ0n) is 11.0. The summed E-state index contributed by atoms with van der Waals surface area (Å²) in [6.07, 6.45) is 2.65. The van der Waals surface area contributed by atoms with Gasteiger partial charge in [-0.25, -0.2) is 4.98 Å². The first-order valence-electron chi connectivity index (χ1n) is 6.40. The second-order valence-corrected chi connectivity index (χ2v) is 5.13. The Balaban J connectivity index is 1.78. The summed E-state index contributed by atoms with van der Waals surface area (Å²) in [5.41, 5.74) is 1.70. The second kappa shape index (κ2) is 4.50. The molecule has 0 saturated heterocycles. The number of aromatic nitrogens is 3. The van der Waals surface area contributed by atoms with Crippen molar-refractivity contribution in [3.63, 3.8) is 0 Å². The number of nitrogens with zero attached hydrogens (tertiary/aromatic N) is 3. The van der Waals surface area contributed by atoms with Gasteiger partial charge in [-0.15, -0.1) is 0 Å². The Morgan fingerprint density at radius 2 is 2.26 bits per heavy atom. The van der Waals surface area contributed by atoms with E-state index in [4.69, 9.17) is 0 Å². The summed E-state index contributed by atoms with van der Waals surface area (Å²) < 4.78 is 1.66. The van der Waals surface area contributed by atoms with Crippen LogP contribution < -0.4 is 5.32 Å². The standard InChI is InChI=1S/C14H16N4O/c1-9-6-12(9)14(19)16-11-5-3-4-10(7-11)13-15-8-18(2)17-13/h3-5,7-9,12H,6H2,1-2H3,(H,16,19)/t9-,12+/m1/s1. The van der Waals surface area contributed by atoms with E-state index < -0.39 is 0 Å². The van der Waals surface area contributed by atoms with Gasteiger partial charge in [0, 0.05) is 24.2 Å². The Morgan fingerprint density at radius 3 is 2.89 bits per heavy atom. The van der Waals surface area contributed by atoms with Crippen molar-refractivity contribution in [3.05, 3.63) is 30.6 Å². The van der Waals surface area contributed by atoms with Crippen LogP contribution in [0.25, 0.3) is 11.4 Å². The number of anilines is 1. The molecule has 0 radical (unpaired) electrons. The van der Waals surface area contributed by atoms with Crippen LogP contribution in [0, 0.1) is 11.8 Å². The molecule has 2 aromatic rings. The van der Waals surface area contributed by atoms with E-state index in [2.05, 4.69) is 22.3 Å². The van der Waals surface area contributed by atoms with Crippen LogP contribution in [0.5, 0.6) is 0 Å². The van der Waals surface area contributed by atoms with E-state index >= 15 is 0 Å². The Hall–Kier alpha value is -2.17. The highest BCUT2D eigenvalue weighted by molar-refractivity contribution is 5.94. The number of benzene rings is 1. The Labute approximate surface area is 111 Å². The average Bonchev–Trinajstić information content (AvgIpc) is 2.96. The van der Waals surface area contributed by atoms with E-state index in [1.807, 2.05) is 31.3 Å². The Morgan fingerprint density at radius 1 is 1.47 bits per heavy atom. The minimum absolute atomic E-state index is 0.110. The van der Waals surface area contributed by atoms with Crippen LogP contribution in [-0.2, 0) is 11.8 Å². The smallest absolute Gasteiger partial charge is 0.227 e. The molecule has 1 aromatic heterocycles. The molecule has 5 heteroatoms. The summed E-state index contributed by atoms with van der Waals surface area (Å²) >= 11 is 0. The fraction of sp³-hybridized carbons (Fsp3) is 0.357. The van der Waals surface area contributed by atoms with Crippen LogP contribution in [0.3, 0.4) is 0 Å². The minimum Gasteiger partial charge on any atom is -0.326 e. The Kier molecular flexibility index (Phi) is 2.81. The topological polar surface area (TPSA) is 59.8 Å². The number of hydrogen-bond acceptors (Lipinski definition) is 3. The van der Waals surface area contributed by atoms with Gasteiger partial charge < -0.3 is 5.32 Å². The largest absolute Gasteiger partial charge is 0.326 e. The molecule has 2 atom stereocenters. The molecule has 3 rings (SSSR count). The predicted molar refractivity (Wildman–Crippen MR) is 72.3 cm³/mol. The highest BCUT2D eigenvalue weighted by Gasteiger charge is 2.39. The fourth-order valence-electron chi connectivity index (χ4n) is 2.13. The predicted octanol–water partition coefficient (Wildman–Crippen LogP) is 2.08. The molecule has 1 aromatic carbocycles. The third-order valence-electron chi connectivity index (χ3n) is 3.43. The van der Waals surface area contributed by atoms with Gasteiger partial charge in [-0.1, -0.05) is 19.1 Å². The van der Waals surface area contributed by atoms with Crippen molar-refractivity contribution in [2.75, 3.05) is 5.32 Å². The van der Waals surface area contributed by atoms with Gasteiger partial charge in [0.1, 0.15) is 6.33 Å². The van der Waals surface area contributed by atoms with Gasteiger partial charge >= 0.3 is 0 Å². The number of rotatable bonds is 3. The lowest BCUT2D eigenvalue weighted by atomic mass is 10.2. The normalized spacial score (nSPS) is 21.2. The molecule has 1 heterocycles. The molecule has 1 amide bonds. The number of nitrogens with one attached hydrogen (secondary N) is 1. The number of carbonyl (C=O) groups is 1. The van der Waals surface area contributed by atoms with Gasteiger partial charge in [0.05, 0.1) is 0 Å². The van der Waals surface area contributed by atoms with Crippen molar-refractivity contribution in [2.45, 2.75) is 13.3 Å². The molecule has 0 spiro atoms. The third kappa shape index (κ3) is 2.50. The molecule has 98 valence electrons. The van der Waals surface area contributed by atoms with Gasteiger partial charge in [-0.05, 0) is 24.5 Å². The van der Waals surface area contributed by atoms with E-state index in [1.165, 1.54) is 0 Å². The van der Waals surface area contributed by atoms with Crippen molar-refractivity contribution in [1.82, 2.24) is 14.8 Å². The molecule has 0 bridgehead atoms. The lowest BCUT2D eigenvalue weighted by molar-refractivity contribution is -0.117. The van der Waals surface area contributed by atoms with Crippen LogP contribution in [0.2, 0.25) is 0 Å². The first-order chi connectivity index (χ1) is 9.13. The van der Waals surface area contributed by atoms with Gasteiger partial charge in [0.25, 0.3) is 0 Å².